The Morgan fingerprint density at radius 2 is 2.11 bits per heavy atom. The van der Waals surface area contributed by atoms with Crippen LogP contribution in [0.5, 0.6) is 0 Å². The highest BCUT2D eigenvalue weighted by Crippen LogP contribution is 2.46. The van der Waals surface area contributed by atoms with Gasteiger partial charge in [-0.25, -0.2) is 0 Å². The molecular weight excluding hydrogens is 220 g/mol. The first kappa shape index (κ1) is 12.3. The minimum absolute atomic E-state index is 0.281. The molecule has 2 nitrogen and oxygen atoms in total. The van der Waals surface area contributed by atoms with Gasteiger partial charge in [-0.15, -0.1) is 0 Å². The Morgan fingerprint density at radius 1 is 1.33 bits per heavy atom. The number of rotatable bonds is 1. The van der Waals surface area contributed by atoms with Gasteiger partial charge in [-0.1, -0.05) is 13.8 Å². The number of nitrogens with zero attached hydrogens (tertiary/aromatic N) is 1. The molecule has 2 unspecified atom stereocenters. The lowest BCUT2D eigenvalue weighted by molar-refractivity contribution is 0.354. The van der Waals surface area contributed by atoms with Gasteiger partial charge in [-0.3, -0.25) is 0 Å². The molecule has 1 aromatic heterocycles. The Kier molecular flexibility index (Phi) is 2.81. The van der Waals surface area contributed by atoms with Crippen molar-refractivity contribution in [2.75, 3.05) is 0 Å². The summed E-state index contributed by atoms with van der Waals surface area (Å²) in [6.45, 7) is 7.07. The van der Waals surface area contributed by atoms with Crippen molar-refractivity contribution in [3.8, 4) is 0 Å². The van der Waals surface area contributed by atoms with Gasteiger partial charge in [0, 0.05) is 23.5 Å². The molecule has 2 aliphatic carbocycles. The molecule has 2 atom stereocenters. The average molecular weight is 246 g/mol. The topological polar surface area (TPSA) is 30.9 Å². The second kappa shape index (κ2) is 4.12. The van der Waals surface area contributed by atoms with Gasteiger partial charge < -0.3 is 10.3 Å². The second-order valence-electron chi connectivity index (χ2n) is 7.12. The SMILES string of the molecule is Cc1cc2c(n1C1CCC(C)(C)C1)CCCC2N. The summed E-state index contributed by atoms with van der Waals surface area (Å²) in [6, 6.07) is 3.35. The van der Waals surface area contributed by atoms with E-state index in [0.717, 1.165) is 6.42 Å². The van der Waals surface area contributed by atoms with Crippen molar-refractivity contribution in [3.05, 3.63) is 23.0 Å². The third-order valence-corrected chi connectivity index (χ3v) is 5.00. The van der Waals surface area contributed by atoms with E-state index >= 15 is 0 Å². The zero-order valence-corrected chi connectivity index (χ0v) is 12.0. The molecule has 3 rings (SSSR count). The number of aromatic nitrogens is 1. The first-order chi connectivity index (χ1) is 8.48. The zero-order chi connectivity index (χ0) is 12.9. The molecule has 0 amide bonds. The third kappa shape index (κ3) is 1.91. The molecule has 1 fully saturated rings. The Balaban J connectivity index is 1.98. The summed E-state index contributed by atoms with van der Waals surface area (Å²) in [4.78, 5) is 0. The van der Waals surface area contributed by atoms with Crippen LogP contribution in [0.4, 0.5) is 0 Å². The monoisotopic (exact) mass is 246 g/mol. The molecule has 0 saturated heterocycles. The summed E-state index contributed by atoms with van der Waals surface area (Å²) >= 11 is 0. The van der Waals surface area contributed by atoms with Crippen molar-refractivity contribution in [2.24, 2.45) is 11.1 Å². The maximum atomic E-state index is 6.27. The maximum absolute atomic E-state index is 6.27. The standard InChI is InChI=1S/C16H26N2/c1-11-9-13-14(17)5-4-6-15(13)18(11)12-7-8-16(2,3)10-12/h9,12,14H,4-8,10,17H2,1-3H3. The van der Waals surface area contributed by atoms with Gasteiger partial charge in [0.05, 0.1) is 0 Å². The van der Waals surface area contributed by atoms with Crippen LogP contribution < -0.4 is 5.73 Å². The fourth-order valence-electron chi connectivity index (χ4n) is 4.09. The molecular formula is C16H26N2. The minimum Gasteiger partial charge on any atom is -0.346 e. The Hall–Kier alpha value is -0.760. The number of nitrogens with two attached hydrogens (primary N) is 1. The predicted molar refractivity (Wildman–Crippen MR) is 75.7 cm³/mol. The van der Waals surface area contributed by atoms with Crippen molar-refractivity contribution in [2.45, 2.75) is 71.4 Å². The fraction of sp³-hybridized carbons (Fsp3) is 0.750. The molecule has 0 aromatic carbocycles. The van der Waals surface area contributed by atoms with Gasteiger partial charge in [0.15, 0.2) is 0 Å². The molecule has 1 aromatic rings. The summed E-state index contributed by atoms with van der Waals surface area (Å²) in [5, 5.41) is 0. The van der Waals surface area contributed by atoms with Crippen LogP contribution in [0.15, 0.2) is 6.07 Å². The molecule has 2 N–H and O–H groups in total. The van der Waals surface area contributed by atoms with Crippen LogP contribution >= 0.6 is 0 Å². The highest BCUT2D eigenvalue weighted by molar-refractivity contribution is 5.33. The van der Waals surface area contributed by atoms with Gasteiger partial charge in [0.1, 0.15) is 0 Å². The molecule has 0 spiro atoms. The lowest BCUT2D eigenvalue weighted by atomic mass is 9.91. The van der Waals surface area contributed by atoms with Gasteiger partial charge in [0.2, 0.25) is 0 Å². The van der Waals surface area contributed by atoms with Crippen LogP contribution in [-0.4, -0.2) is 4.57 Å². The molecule has 18 heavy (non-hydrogen) atoms. The molecule has 0 bridgehead atoms. The van der Waals surface area contributed by atoms with E-state index in [1.807, 2.05) is 0 Å². The fourth-order valence-corrected chi connectivity index (χ4v) is 4.09. The van der Waals surface area contributed by atoms with Crippen LogP contribution in [0, 0.1) is 12.3 Å². The molecule has 1 saturated carbocycles. The Bertz CT molecular complexity index is 456. The smallest absolute Gasteiger partial charge is 0.0341 e. The molecule has 0 radical (unpaired) electrons. The number of hydrogen-bond donors (Lipinski definition) is 1. The molecule has 1 heterocycles. The van der Waals surface area contributed by atoms with Crippen LogP contribution in [0.2, 0.25) is 0 Å². The third-order valence-electron chi connectivity index (χ3n) is 5.00. The molecule has 0 aliphatic heterocycles. The quantitative estimate of drug-likeness (QED) is 0.801. The average Bonchev–Trinajstić information content (AvgIpc) is 2.79. The van der Waals surface area contributed by atoms with Crippen LogP contribution in [0.25, 0.3) is 0 Å². The van der Waals surface area contributed by atoms with Crippen molar-refractivity contribution < 1.29 is 0 Å². The van der Waals surface area contributed by atoms with E-state index in [1.165, 1.54) is 43.4 Å². The highest BCUT2D eigenvalue weighted by atomic mass is 15.0. The summed E-state index contributed by atoms with van der Waals surface area (Å²) in [7, 11) is 0. The Labute approximate surface area is 111 Å². The number of fused-ring (bicyclic) bond motifs is 1. The summed E-state index contributed by atoms with van der Waals surface area (Å²) in [5.74, 6) is 0. The maximum Gasteiger partial charge on any atom is 0.0341 e. The number of aryl methyl sites for hydroxylation is 1. The number of hydrogen-bond acceptors (Lipinski definition) is 1. The van der Waals surface area contributed by atoms with E-state index in [4.69, 9.17) is 5.73 Å². The van der Waals surface area contributed by atoms with Crippen molar-refractivity contribution in [3.63, 3.8) is 0 Å². The largest absolute Gasteiger partial charge is 0.346 e. The molecule has 2 heteroatoms. The lowest BCUT2D eigenvalue weighted by Gasteiger charge is -2.25. The van der Waals surface area contributed by atoms with Crippen LogP contribution in [0.3, 0.4) is 0 Å². The van der Waals surface area contributed by atoms with E-state index in [-0.39, 0.29) is 6.04 Å². The van der Waals surface area contributed by atoms with Gasteiger partial charge in [-0.05, 0) is 62.5 Å². The molecule has 100 valence electrons. The van der Waals surface area contributed by atoms with Crippen LogP contribution in [-0.2, 0) is 6.42 Å². The minimum atomic E-state index is 0.281. The van der Waals surface area contributed by atoms with Crippen molar-refractivity contribution >= 4 is 0 Å². The first-order valence-electron chi connectivity index (χ1n) is 7.44. The Morgan fingerprint density at radius 3 is 2.78 bits per heavy atom. The van der Waals surface area contributed by atoms with Crippen molar-refractivity contribution in [1.82, 2.24) is 4.57 Å². The summed E-state index contributed by atoms with van der Waals surface area (Å²) in [6.07, 6.45) is 7.67. The van der Waals surface area contributed by atoms with Crippen LogP contribution in [0.1, 0.15) is 75.0 Å². The van der Waals surface area contributed by atoms with E-state index in [2.05, 4.69) is 31.4 Å². The highest BCUT2D eigenvalue weighted by Gasteiger charge is 2.34. The van der Waals surface area contributed by atoms with Gasteiger partial charge >= 0.3 is 0 Å². The van der Waals surface area contributed by atoms with Crippen molar-refractivity contribution in [1.29, 1.82) is 0 Å². The zero-order valence-electron chi connectivity index (χ0n) is 12.0. The first-order valence-corrected chi connectivity index (χ1v) is 7.44. The van der Waals surface area contributed by atoms with Gasteiger partial charge in [-0.2, -0.15) is 0 Å². The second-order valence-corrected chi connectivity index (χ2v) is 7.12. The van der Waals surface area contributed by atoms with E-state index in [0.29, 0.717) is 11.5 Å². The predicted octanol–water partition coefficient (Wildman–Crippen LogP) is 3.88. The summed E-state index contributed by atoms with van der Waals surface area (Å²) < 4.78 is 2.63. The van der Waals surface area contributed by atoms with E-state index in [1.54, 1.807) is 5.69 Å². The molecule has 2 aliphatic rings. The lowest BCUT2D eigenvalue weighted by Crippen LogP contribution is -2.20. The van der Waals surface area contributed by atoms with E-state index < -0.39 is 0 Å². The van der Waals surface area contributed by atoms with E-state index in [9.17, 15) is 0 Å². The normalized spacial score (nSPS) is 30.4. The summed E-state index contributed by atoms with van der Waals surface area (Å²) in [5.41, 5.74) is 11.2. The van der Waals surface area contributed by atoms with Gasteiger partial charge in [0.25, 0.3) is 0 Å².